The van der Waals surface area contributed by atoms with E-state index >= 15 is 0 Å². The van der Waals surface area contributed by atoms with Crippen molar-refractivity contribution in [3.05, 3.63) is 66.4 Å². The second kappa shape index (κ2) is 12.4. The van der Waals surface area contributed by atoms with Gasteiger partial charge in [-0.1, -0.05) is 38.1 Å². The highest BCUT2D eigenvalue weighted by atomic mass is 16.2. The van der Waals surface area contributed by atoms with E-state index in [0.717, 1.165) is 61.8 Å². The van der Waals surface area contributed by atoms with Gasteiger partial charge in [-0.05, 0) is 62.3 Å². The number of piperazine rings is 1. The van der Waals surface area contributed by atoms with Crippen molar-refractivity contribution in [3.8, 4) is 11.3 Å². The maximum Gasteiger partial charge on any atom is 0.312 e. The SMILES string of the molecule is CC(NC(N)=O)c1ccc(-c2ccnc(Nc3ccc(N4CCN(CC(C)(C)CN(C)C)CC4)cc3)n2)cc1. The summed E-state index contributed by atoms with van der Waals surface area (Å²) in [6.07, 6.45) is 1.75. The van der Waals surface area contributed by atoms with E-state index < -0.39 is 6.03 Å². The molecular formula is C30H42N8O. The second-order valence-electron chi connectivity index (χ2n) is 11.5. The molecule has 0 spiro atoms. The van der Waals surface area contributed by atoms with Gasteiger partial charge in [0.15, 0.2) is 0 Å². The summed E-state index contributed by atoms with van der Waals surface area (Å²) in [5.41, 5.74) is 10.5. The Morgan fingerprint density at radius 2 is 1.69 bits per heavy atom. The highest BCUT2D eigenvalue weighted by Crippen LogP contribution is 2.25. The lowest BCUT2D eigenvalue weighted by Crippen LogP contribution is -2.50. The molecule has 0 aliphatic carbocycles. The molecule has 208 valence electrons. The van der Waals surface area contributed by atoms with E-state index in [4.69, 9.17) is 10.7 Å². The fourth-order valence-corrected chi connectivity index (χ4v) is 5.38. The first-order valence-corrected chi connectivity index (χ1v) is 13.6. The van der Waals surface area contributed by atoms with Crippen LogP contribution in [-0.4, -0.2) is 79.2 Å². The Kier molecular flexibility index (Phi) is 9.04. The summed E-state index contributed by atoms with van der Waals surface area (Å²) in [5.74, 6) is 0.544. The predicted octanol–water partition coefficient (Wildman–Crippen LogP) is 4.33. The van der Waals surface area contributed by atoms with Crippen molar-refractivity contribution in [2.75, 3.05) is 63.6 Å². The molecule has 0 bridgehead atoms. The third kappa shape index (κ3) is 8.15. The van der Waals surface area contributed by atoms with E-state index in [1.54, 1.807) is 6.20 Å². The van der Waals surface area contributed by atoms with Gasteiger partial charge in [0, 0.05) is 62.4 Å². The molecule has 1 saturated heterocycles. The quantitative estimate of drug-likeness (QED) is 0.359. The zero-order valence-electron chi connectivity index (χ0n) is 23.8. The third-order valence-corrected chi connectivity index (χ3v) is 6.98. The van der Waals surface area contributed by atoms with Crippen LogP contribution in [0, 0.1) is 5.41 Å². The summed E-state index contributed by atoms with van der Waals surface area (Å²) >= 11 is 0. The highest BCUT2D eigenvalue weighted by Gasteiger charge is 2.25. The number of nitrogens with two attached hydrogens (primary N) is 1. The van der Waals surface area contributed by atoms with Gasteiger partial charge < -0.3 is 26.2 Å². The first-order chi connectivity index (χ1) is 18.6. The minimum Gasteiger partial charge on any atom is -0.369 e. The van der Waals surface area contributed by atoms with Crippen molar-refractivity contribution in [2.45, 2.75) is 26.8 Å². The van der Waals surface area contributed by atoms with E-state index in [1.807, 2.05) is 37.3 Å². The van der Waals surface area contributed by atoms with Crippen LogP contribution >= 0.6 is 0 Å². The molecular weight excluding hydrogens is 488 g/mol. The van der Waals surface area contributed by atoms with Gasteiger partial charge in [0.1, 0.15) is 0 Å². The molecule has 4 rings (SSSR count). The van der Waals surface area contributed by atoms with Gasteiger partial charge in [0.2, 0.25) is 5.95 Å². The van der Waals surface area contributed by atoms with Crippen molar-refractivity contribution in [3.63, 3.8) is 0 Å². The number of carbonyl (C=O) groups is 1. The molecule has 9 nitrogen and oxygen atoms in total. The van der Waals surface area contributed by atoms with E-state index in [-0.39, 0.29) is 11.5 Å². The average Bonchev–Trinajstić information content (AvgIpc) is 2.88. The topological polar surface area (TPSA) is 103 Å². The zero-order valence-corrected chi connectivity index (χ0v) is 23.8. The molecule has 1 unspecified atom stereocenters. The van der Waals surface area contributed by atoms with Gasteiger partial charge >= 0.3 is 6.03 Å². The number of nitrogens with one attached hydrogen (secondary N) is 2. The molecule has 0 saturated carbocycles. The summed E-state index contributed by atoms with van der Waals surface area (Å²) < 4.78 is 0. The molecule has 1 aliphatic rings. The van der Waals surface area contributed by atoms with Crippen LogP contribution in [0.1, 0.15) is 32.4 Å². The van der Waals surface area contributed by atoms with Crippen molar-refractivity contribution in [2.24, 2.45) is 11.1 Å². The van der Waals surface area contributed by atoms with Crippen LogP contribution in [0.25, 0.3) is 11.3 Å². The van der Waals surface area contributed by atoms with Gasteiger partial charge in [-0.25, -0.2) is 14.8 Å². The minimum atomic E-state index is -0.538. The van der Waals surface area contributed by atoms with Crippen molar-refractivity contribution in [1.82, 2.24) is 25.1 Å². The second-order valence-corrected chi connectivity index (χ2v) is 11.5. The highest BCUT2D eigenvalue weighted by molar-refractivity contribution is 5.72. The number of hydrogen-bond donors (Lipinski definition) is 3. The lowest BCUT2D eigenvalue weighted by Gasteiger charge is -2.40. The number of amides is 2. The molecule has 39 heavy (non-hydrogen) atoms. The van der Waals surface area contributed by atoms with Crippen LogP contribution in [0.2, 0.25) is 0 Å². The minimum absolute atomic E-state index is 0.161. The molecule has 1 aromatic heterocycles. The standard InChI is InChI=1S/C30H42N8O/c1-22(33-28(31)39)23-6-8-24(9-7-23)27-14-15-32-29(35-27)34-25-10-12-26(13-11-25)38-18-16-37(17-19-38)21-30(2,3)20-36(4)5/h6-15,22H,16-21H2,1-5H3,(H3,31,33,39)(H,32,34,35). The Morgan fingerprint density at radius 1 is 1.03 bits per heavy atom. The zero-order chi connectivity index (χ0) is 28.0. The summed E-state index contributed by atoms with van der Waals surface area (Å²) in [4.78, 5) is 27.5. The van der Waals surface area contributed by atoms with Gasteiger partial charge in [0.05, 0.1) is 11.7 Å². The summed E-state index contributed by atoms with van der Waals surface area (Å²) in [6.45, 7) is 13.1. The Hall–Kier alpha value is -3.69. The van der Waals surface area contributed by atoms with Crippen molar-refractivity contribution >= 4 is 23.4 Å². The lowest BCUT2D eigenvalue weighted by molar-refractivity contribution is 0.139. The van der Waals surface area contributed by atoms with Gasteiger partial charge in [-0.15, -0.1) is 0 Å². The molecule has 2 amide bonds. The normalized spacial score (nSPS) is 15.3. The lowest BCUT2D eigenvalue weighted by atomic mass is 9.92. The number of hydrogen-bond acceptors (Lipinski definition) is 7. The molecule has 1 fully saturated rings. The van der Waals surface area contributed by atoms with Crippen LogP contribution in [0.3, 0.4) is 0 Å². The van der Waals surface area contributed by atoms with Crippen molar-refractivity contribution in [1.29, 1.82) is 0 Å². The Labute approximate surface area is 232 Å². The first kappa shape index (κ1) is 28.3. The summed E-state index contributed by atoms with van der Waals surface area (Å²) in [5, 5.41) is 6.02. The maximum atomic E-state index is 11.1. The Balaban J connectivity index is 1.33. The fraction of sp³-hybridized carbons (Fsp3) is 0.433. The number of urea groups is 1. The molecule has 2 aromatic carbocycles. The van der Waals surface area contributed by atoms with Gasteiger partial charge in [-0.3, -0.25) is 4.90 Å². The molecule has 1 aliphatic heterocycles. The number of nitrogens with zero attached hydrogens (tertiary/aromatic N) is 5. The average molecular weight is 531 g/mol. The monoisotopic (exact) mass is 530 g/mol. The van der Waals surface area contributed by atoms with Crippen LogP contribution in [0.4, 0.5) is 22.1 Å². The molecule has 9 heteroatoms. The smallest absolute Gasteiger partial charge is 0.312 e. The number of primary amides is 1. The summed E-state index contributed by atoms with van der Waals surface area (Å²) in [7, 11) is 4.30. The molecule has 3 aromatic rings. The van der Waals surface area contributed by atoms with Crippen molar-refractivity contribution < 1.29 is 4.79 Å². The first-order valence-electron chi connectivity index (χ1n) is 13.6. The van der Waals surface area contributed by atoms with E-state index in [1.165, 1.54) is 5.69 Å². The van der Waals surface area contributed by atoms with E-state index in [0.29, 0.717) is 5.95 Å². The number of aromatic nitrogens is 2. The van der Waals surface area contributed by atoms with Gasteiger partial charge in [0.25, 0.3) is 0 Å². The van der Waals surface area contributed by atoms with E-state index in [2.05, 4.69) is 82.5 Å². The fourth-order valence-electron chi connectivity index (χ4n) is 5.38. The van der Waals surface area contributed by atoms with Crippen LogP contribution < -0.4 is 21.3 Å². The number of rotatable bonds is 10. The number of anilines is 3. The molecule has 1 atom stereocenters. The maximum absolute atomic E-state index is 11.1. The van der Waals surface area contributed by atoms with Crippen LogP contribution in [-0.2, 0) is 0 Å². The number of benzene rings is 2. The van der Waals surface area contributed by atoms with Crippen LogP contribution in [0.15, 0.2) is 60.8 Å². The molecule has 2 heterocycles. The van der Waals surface area contributed by atoms with E-state index in [9.17, 15) is 4.79 Å². The largest absolute Gasteiger partial charge is 0.369 e. The number of carbonyl (C=O) groups excluding carboxylic acids is 1. The molecule has 4 N–H and O–H groups in total. The molecule has 0 radical (unpaired) electrons. The third-order valence-electron chi connectivity index (χ3n) is 6.98. The summed E-state index contributed by atoms with van der Waals surface area (Å²) in [6, 6.07) is 17.6. The van der Waals surface area contributed by atoms with Gasteiger partial charge in [-0.2, -0.15) is 0 Å². The predicted molar refractivity (Wildman–Crippen MR) is 159 cm³/mol. The van der Waals surface area contributed by atoms with Crippen LogP contribution in [0.5, 0.6) is 0 Å². The Bertz CT molecular complexity index is 1220. The Morgan fingerprint density at radius 3 is 2.31 bits per heavy atom.